The van der Waals surface area contributed by atoms with Gasteiger partial charge in [0.05, 0.1) is 17.1 Å². The zero-order chi connectivity index (χ0) is 28.0. The van der Waals surface area contributed by atoms with Crippen LogP contribution >= 0.6 is 0 Å². The van der Waals surface area contributed by atoms with Crippen molar-refractivity contribution < 1.29 is 0 Å². The molecular formula is C37H35N3. The van der Waals surface area contributed by atoms with Crippen LogP contribution in [0.3, 0.4) is 0 Å². The van der Waals surface area contributed by atoms with E-state index >= 15 is 0 Å². The molecule has 3 aromatic carbocycles. The van der Waals surface area contributed by atoms with Gasteiger partial charge < -0.3 is 0 Å². The first-order valence-corrected chi connectivity index (χ1v) is 13.9. The summed E-state index contributed by atoms with van der Waals surface area (Å²) >= 11 is 0. The van der Waals surface area contributed by atoms with Crippen LogP contribution in [0.5, 0.6) is 0 Å². The van der Waals surface area contributed by atoms with E-state index in [0.717, 1.165) is 46.0 Å². The van der Waals surface area contributed by atoms with Crippen LogP contribution in [0.15, 0.2) is 128 Å². The van der Waals surface area contributed by atoms with Crippen LogP contribution in [0.1, 0.15) is 50.9 Å². The number of hydrogen-bond donors (Lipinski definition) is 0. The molecule has 0 spiro atoms. The summed E-state index contributed by atoms with van der Waals surface area (Å²) in [7, 11) is 0. The zero-order valence-corrected chi connectivity index (χ0v) is 23.7. The number of benzene rings is 3. The third-order valence-corrected chi connectivity index (χ3v) is 7.43. The summed E-state index contributed by atoms with van der Waals surface area (Å²) < 4.78 is 0. The lowest BCUT2D eigenvalue weighted by molar-refractivity contribution is 0.641. The van der Waals surface area contributed by atoms with Gasteiger partial charge in [0, 0.05) is 28.3 Å². The first-order chi connectivity index (χ1) is 19.5. The maximum Gasteiger partial charge on any atom is 0.160 e. The van der Waals surface area contributed by atoms with Crippen molar-refractivity contribution in [3.05, 3.63) is 144 Å². The molecule has 0 saturated heterocycles. The molecule has 0 aliphatic rings. The van der Waals surface area contributed by atoms with E-state index in [4.69, 9.17) is 9.97 Å². The summed E-state index contributed by atoms with van der Waals surface area (Å²) in [5.74, 6) is 0.741. The molecule has 3 heteroatoms. The molecule has 0 fully saturated rings. The Balaban J connectivity index is 1.49. The van der Waals surface area contributed by atoms with E-state index < -0.39 is 0 Å². The predicted octanol–water partition coefficient (Wildman–Crippen LogP) is 9.57. The second kappa shape index (κ2) is 12.0. The Morgan fingerprint density at radius 2 is 1.32 bits per heavy atom. The van der Waals surface area contributed by atoms with Crippen LogP contribution in [0.4, 0.5) is 0 Å². The molecular weight excluding hydrogens is 486 g/mol. The lowest BCUT2D eigenvalue weighted by Gasteiger charge is -2.26. The van der Waals surface area contributed by atoms with E-state index in [2.05, 4.69) is 105 Å². The second-order valence-corrected chi connectivity index (χ2v) is 10.4. The maximum absolute atomic E-state index is 5.00. The third kappa shape index (κ3) is 5.84. The van der Waals surface area contributed by atoms with Crippen molar-refractivity contribution in [2.75, 3.05) is 0 Å². The molecule has 0 bridgehead atoms. The third-order valence-electron chi connectivity index (χ3n) is 7.43. The van der Waals surface area contributed by atoms with Gasteiger partial charge in [-0.05, 0) is 48.2 Å². The smallest absolute Gasteiger partial charge is 0.160 e. The number of allylic oxidation sites excluding steroid dienone is 4. The van der Waals surface area contributed by atoms with Crippen LogP contribution in [-0.4, -0.2) is 15.0 Å². The number of nitrogens with zero attached hydrogens (tertiary/aromatic N) is 3. The van der Waals surface area contributed by atoms with Crippen molar-refractivity contribution in [2.24, 2.45) is 0 Å². The zero-order valence-electron chi connectivity index (χ0n) is 23.7. The number of pyridine rings is 1. The van der Waals surface area contributed by atoms with Crippen LogP contribution in [0.25, 0.3) is 39.5 Å². The molecule has 2 heterocycles. The highest BCUT2D eigenvalue weighted by Gasteiger charge is 2.23. The summed E-state index contributed by atoms with van der Waals surface area (Å²) in [5.41, 5.74) is 9.63. The van der Waals surface area contributed by atoms with Crippen LogP contribution in [0.2, 0.25) is 0 Å². The van der Waals surface area contributed by atoms with Crippen molar-refractivity contribution in [1.29, 1.82) is 0 Å². The van der Waals surface area contributed by atoms with E-state index in [0.29, 0.717) is 0 Å². The molecule has 0 N–H and O–H groups in total. The average Bonchev–Trinajstić information content (AvgIpc) is 3.02. The van der Waals surface area contributed by atoms with Gasteiger partial charge in [-0.2, -0.15) is 0 Å². The summed E-state index contributed by atoms with van der Waals surface area (Å²) in [5, 5.41) is 0. The van der Waals surface area contributed by atoms with Gasteiger partial charge in [0.1, 0.15) is 0 Å². The van der Waals surface area contributed by atoms with E-state index in [9.17, 15) is 0 Å². The highest BCUT2D eigenvalue weighted by molar-refractivity contribution is 5.72. The van der Waals surface area contributed by atoms with Gasteiger partial charge in [-0.15, -0.1) is 0 Å². The lowest BCUT2D eigenvalue weighted by atomic mass is 9.77. The van der Waals surface area contributed by atoms with Crippen molar-refractivity contribution in [3.8, 4) is 33.9 Å². The summed E-state index contributed by atoms with van der Waals surface area (Å²) in [4.78, 5) is 14.4. The number of rotatable bonds is 8. The standard InChI is InChI=1S/C37H35N3/c1-5-7-13-27(6-2)34-26-35(40-36(39-34)30-14-9-8-10-15-30)29-19-23-32(24-20-29)37(3,4)31-21-17-28(18-22-31)33-16-11-12-25-38-33/h5,7-26H,6H2,1-4H3/b7-5-,27-13+. The molecule has 0 amide bonds. The van der Waals surface area contributed by atoms with Crippen molar-refractivity contribution >= 4 is 5.57 Å². The fourth-order valence-electron chi connectivity index (χ4n) is 4.89. The lowest BCUT2D eigenvalue weighted by Crippen LogP contribution is -2.18. The second-order valence-electron chi connectivity index (χ2n) is 10.4. The Morgan fingerprint density at radius 3 is 1.90 bits per heavy atom. The maximum atomic E-state index is 5.00. The molecule has 5 rings (SSSR count). The fraction of sp³-hybridized carbons (Fsp3) is 0.162. The van der Waals surface area contributed by atoms with Gasteiger partial charge in [0.25, 0.3) is 0 Å². The van der Waals surface area contributed by atoms with Gasteiger partial charge >= 0.3 is 0 Å². The van der Waals surface area contributed by atoms with E-state index in [1.54, 1.807) is 0 Å². The van der Waals surface area contributed by atoms with Gasteiger partial charge in [-0.1, -0.05) is 124 Å². The average molecular weight is 522 g/mol. The molecule has 198 valence electrons. The fourth-order valence-corrected chi connectivity index (χ4v) is 4.89. The molecule has 0 unspecified atom stereocenters. The first kappa shape index (κ1) is 27.0. The molecule has 2 aromatic heterocycles. The molecule has 0 radical (unpaired) electrons. The summed E-state index contributed by atoms with van der Waals surface area (Å²) in [6, 6.07) is 35.9. The summed E-state index contributed by atoms with van der Waals surface area (Å²) in [6.45, 7) is 8.74. The molecule has 0 aliphatic heterocycles. The molecule has 3 nitrogen and oxygen atoms in total. The summed E-state index contributed by atoms with van der Waals surface area (Å²) in [6.07, 6.45) is 8.98. The molecule has 0 saturated carbocycles. The largest absolute Gasteiger partial charge is 0.256 e. The molecule has 5 aromatic rings. The SMILES string of the molecule is C/C=C\C=C(/CC)c1cc(-c2ccc(C(C)(C)c3ccc(-c4ccccn4)cc3)cc2)nc(-c2ccccc2)n1. The van der Waals surface area contributed by atoms with Gasteiger partial charge in [-0.3, -0.25) is 4.98 Å². The monoisotopic (exact) mass is 521 g/mol. The predicted molar refractivity (Wildman–Crippen MR) is 168 cm³/mol. The van der Waals surface area contributed by atoms with Crippen molar-refractivity contribution in [2.45, 2.75) is 39.5 Å². The van der Waals surface area contributed by atoms with E-state index in [1.807, 2.05) is 55.6 Å². The Labute approximate surface area is 238 Å². The normalized spacial score (nSPS) is 12.2. The highest BCUT2D eigenvalue weighted by atomic mass is 14.9. The quantitative estimate of drug-likeness (QED) is 0.191. The Kier molecular flexibility index (Phi) is 8.12. The van der Waals surface area contributed by atoms with Gasteiger partial charge in [-0.25, -0.2) is 9.97 Å². The van der Waals surface area contributed by atoms with Gasteiger partial charge in [0.2, 0.25) is 0 Å². The number of aromatic nitrogens is 3. The molecule has 0 aliphatic carbocycles. The van der Waals surface area contributed by atoms with Crippen LogP contribution in [-0.2, 0) is 5.41 Å². The van der Waals surface area contributed by atoms with Crippen LogP contribution in [0, 0.1) is 0 Å². The molecule has 0 atom stereocenters. The highest BCUT2D eigenvalue weighted by Crippen LogP contribution is 2.34. The minimum absolute atomic E-state index is 0.155. The van der Waals surface area contributed by atoms with Crippen LogP contribution < -0.4 is 0 Å². The molecule has 40 heavy (non-hydrogen) atoms. The van der Waals surface area contributed by atoms with E-state index in [-0.39, 0.29) is 5.41 Å². The Bertz CT molecular complexity index is 1610. The minimum Gasteiger partial charge on any atom is -0.256 e. The van der Waals surface area contributed by atoms with Crippen molar-refractivity contribution in [3.63, 3.8) is 0 Å². The Hall–Kier alpha value is -4.63. The minimum atomic E-state index is -0.155. The Morgan fingerprint density at radius 1 is 0.700 bits per heavy atom. The first-order valence-electron chi connectivity index (χ1n) is 13.9. The van der Waals surface area contributed by atoms with E-state index in [1.165, 1.54) is 16.7 Å². The van der Waals surface area contributed by atoms with Crippen molar-refractivity contribution in [1.82, 2.24) is 15.0 Å². The van der Waals surface area contributed by atoms with Gasteiger partial charge in [0.15, 0.2) is 5.82 Å². The topological polar surface area (TPSA) is 38.7 Å². The number of hydrogen-bond acceptors (Lipinski definition) is 3.